The number of amides is 1. The average Bonchev–Trinajstić information content (AvgIpc) is 2.27. The highest BCUT2D eigenvalue weighted by atomic mass is 16.4. The molecule has 15 heavy (non-hydrogen) atoms. The number of rotatable bonds is 3. The predicted molar refractivity (Wildman–Crippen MR) is 56.4 cm³/mol. The van der Waals surface area contributed by atoms with Crippen LogP contribution in [0.5, 0.6) is 0 Å². The maximum Gasteiger partial charge on any atom is 0.306 e. The van der Waals surface area contributed by atoms with E-state index >= 15 is 0 Å². The van der Waals surface area contributed by atoms with Gasteiger partial charge in [0.05, 0.1) is 5.92 Å². The van der Waals surface area contributed by atoms with Crippen LogP contribution in [-0.2, 0) is 9.59 Å². The van der Waals surface area contributed by atoms with Gasteiger partial charge in [-0.1, -0.05) is 13.3 Å². The van der Waals surface area contributed by atoms with Crippen LogP contribution in [0, 0.1) is 5.92 Å². The molecule has 4 nitrogen and oxygen atoms in total. The molecule has 0 aromatic heterocycles. The van der Waals surface area contributed by atoms with Crippen LogP contribution in [0.15, 0.2) is 0 Å². The van der Waals surface area contributed by atoms with E-state index in [0.717, 1.165) is 19.3 Å². The number of carbonyl (C=O) groups is 2. The van der Waals surface area contributed by atoms with E-state index in [2.05, 4.69) is 0 Å². The lowest BCUT2D eigenvalue weighted by Gasteiger charge is -2.33. The number of hydrogen-bond donors (Lipinski definition) is 1. The minimum absolute atomic E-state index is 0.103. The Morgan fingerprint density at radius 1 is 1.40 bits per heavy atom. The van der Waals surface area contributed by atoms with Gasteiger partial charge in [-0.2, -0.15) is 0 Å². The number of carboxylic acids is 1. The van der Waals surface area contributed by atoms with E-state index in [4.69, 9.17) is 5.11 Å². The molecule has 0 radical (unpaired) electrons. The number of aliphatic carboxylic acids is 1. The Labute approximate surface area is 90.3 Å². The molecule has 1 rings (SSSR count). The van der Waals surface area contributed by atoms with Gasteiger partial charge >= 0.3 is 5.97 Å². The van der Waals surface area contributed by atoms with Crippen molar-refractivity contribution in [2.75, 3.05) is 7.05 Å². The normalized spacial score (nSPS) is 26.0. The first-order valence-electron chi connectivity index (χ1n) is 5.54. The Bertz CT molecular complexity index is 252. The number of hydrogen-bond acceptors (Lipinski definition) is 2. The van der Waals surface area contributed by atoms with Crippen LogP contribution in [0.4, 0.5) is 0 Å². The van der Waals surface area contributed by atoms with Crippen LogP contribution in [-0.4, -0.2) is 35.0 Å². The molecule has 2 unspecified atom stereocenters. The van der Waals surface area contributed by atoms with Gasteiger partial charge in [0, 0.05) is 19.5 Å². The van der Waals surface area contributed by atoms with Gasteiger partial charge in [0.15, 0.2) is 0 Å². The number of nitrogens with zero attached hydrogens (tertiary/aromatic N) is 1. The fourth-order valence-corrected chi connectivity index (χ4v) is 2.19. The minimum Gasteiger partial charge on any atom is -0.481 e. The van der Waals surface area contributed by atoms with E-state index < -0.39 is 5.97 Å². The molecule has 2 atom stereocenters. The molecule has 0 heterocycles. The van der Waals surface area contributed by atoms with Crippen molar-refractivity contribution in [3.8, 4) is 0 Å². The predicted octanol–water partition coefficient (Wildman–Crippen LogP) is 1.50. The zero-order chi connectivity index (χ0) is 11.4. The Morgan fingerprint density at radius 3 is 2.60 bits per heavy atom. The fourth-order valence-electron chi connectivity index (χ4n) is 2.19. The van der Waals surface area contributed by atoms with Crippen molar-refractivity contribution in [1.82, 2.24) is 4.90 Å². The van der Waals surface area contributed by atoms with Crippen molar-refractivity contribution >= 4 is 11.9 Å². The third-order valence-electron chi connectivity index (χ3n) is 3.24. The summed E-state index contributed by atoms with van der Waals surface area (Å²) in [4.78, 5) is 24.0. The molecule has 0 spiro atoms. The summed E-state index contributed by atoms with van der Waals surface area (Å²) in [5.74, 6) is -0.890. The second kappa shape index (κ2) is 5.14. The lowest BCUT2D eigenvalue weighted by molar-refractivity contribution is -0.145. The first kappa shape index (κ1) is 12.0. The van der Waals surface area contributed by atoms with Gasteiger partial charge in [0.2, 0.25) is 5.91 Å². The zero-order valence-corrected chi connectivity index (χ0v) is 9.40. The summed E-state index contributed by atoms with van der Waals surface area (Å²) in [6, 6.07) is 0.118. The van der Waals surface area contributed by atoms with E-state index in [-0.39, 0.29) is 17.9 Å². The summed E-state index contributed by atoms with van der Waals surface area (Å²) in [6.45, 7) is 1.83. The molecule has 0 aliphatic heterocycles. The van der Waals surface area contributed by atoms with Crippen LogP contribution < -0.4 is 0 Å². The molecule has 4 heteroatoms. The van der Waals surface area contributed by atoms with E-state index in [1.165, 1.54) is 0 Å². The van der Waals surface area contributed by atoms with Crippen LogP contribution in [0.2, 0.25) is 0 Å². The summed E-state index contributed by atoms with van der Waals surface area (Å²) < 4.78 is 0. The third kappa shape index (κ3) is 2.94. The van der Waals surface area contributed by atoms with Crippen LogP contribution >= 0.6 is 0 Å². The molecule has 1 saturated carbocycles. The summed E-state index contributed by atoms with van der Waals surface area (Å²) in [7, 11) is 1.78. The van der Waals surface area contributed by atoms with Crippen LogP contribution in [0.1, 0.15) is 39.0 Å². The highest BCUT2D eigenvalue weighted by Gasteiger charge is 2.30. The molecule has 0 bridgehead atoms. The zero-order valence-electron chi connectivity index (χ0n) is 9.40. The second-order valence-corrected chi connectivity index (χ2v) is 4.21. The number of carboxylic acid groups (broad SMARTS) is 1. The maximum absolute atomic E-state index is 11.5. The Morgan fingerprint density at radius 2 is 2.07 bits per heavy atom. The monoisotopic (exact) mass is 213 g/mol. The Kier molecular flexibility index (Phi) is 4.12. The van der Waals surface area contributed by atoms with Crippen molar-refractivity contribution in [2.24, 2.45) is 5.92 Å². The van der Waals surface area contributed by atoms with Crippen molar-refractivity contribution in [1.29, 1.82) is 0 Å². The standard InChI is InChI=1S/C11H19NO3/c1-3-10(13)12(2)9-6-4-5-8(7-9)11(14)15/h8-9H,3-7H2,1-2H3,(H,14,15). The molecule has 1 fully saturated rings. The van der Waals surface area contributed by atoms with Gasteiger partial charge in [-0.3, -0.25) is 9.59 Å². The van der Waals surface area contributed by atoms with Gasteiger partial charge in [0.1, 0.15) is 0 Å². The van der Waals surface area contributed by atoms with Gasteiger partial charge in [-0.05, 0) is 19.3 Å². The molecule has 86 valence electrons. The molecular weight excluding hydrogens is 194 g/mol. The van der Waals surface area contributed by atoms with Crippen molar-refractivity contribution < 1.29 is 14.7 Å². The van der Waals surface area contributed by atoms with Crippen LogP contribution in [0.3, 0.4) is 0 Å². The Balaban J connectivity index is 2.55. The molecule has 1 amide bonds. The van der Waals surface area contributed by atoms with Crippen molar-refractivity contribution in [2.45, 2.75) is 45.1 Å². The quantitative estimate of drug-likeness (QED) is 0.772. The SMILES string of the molecule is CCC(=O)N(C)C1CCCC(C(=O)O)C1. The van der Waals surface area contributed by atoms with Gasteiger partial charge in [0.25, 0.3) is 0 Å². The topological polar surface area (TPSA) is 57.6 Å². The smallest absolute Gasteiger partial charge is 0.306 e. The first-order chi connectivity index (χ1) is 7.06. The molecular formula is C11H19NO3. The summed E-state index contributed by atoms with van der Waals surface area (Å²) >= 11 is 0. The lowest BCUT2D eigenvalue weighted by Crippen LogP contribution is -2.41. The second-order valence-electron chi connectivity index (χ2n) is 4.21. The number of carbonyl (C=O) groups excluding carboxylic acids is 1. The summed E-state index contributed by atoms with van der Waals surface area (Å²) in [5, 5.41) is 8.93. The molecule has 0 saturated heterocycles. The van der Waals surface area contributed by atoms with E-state index in [0.29, 0.717) is 12.8 Å². The average molecular weight is 213 g/mol. The molecule has 0 aromatic rings. The first-order valence-corrected chi connectivity index (χ1v) is 5.54. The van der Waals surface area contributed by atoms with E-state index in [1.54, 1.807) is 11.9 Å². The molecule has 0 aromatic carbocycles. The maximum atomic E-state index is 11.5. The molecule has 1 N–H and O–H groups in total. The van der Waals surface area contributed by atoms with Gasteiger partial charge < -0.3 is 10.0 Å². The highest BCUT2D eigenvalue weighted by molar-refractivity contribution is 5.76. The van der Waals surface area contributed by atoms with Crippen molar-refractivity contribution in [3.63, 3.8) is 0 Å². The van der Waals surface area contributed by atoms with Crippen LogP contribution in [0.25, 0.3) is 0 Å². The van der Waals surface area contributed by atoms with Gasteiger partial charge in [-0.25, -0.2) is 0 Å². The highest BCUT2D eigenvalue weighted by Crippen LogP contribution is 2.27. The largest absolute Gasteiger partial charge is 0.481 e. The minimum atomic E-state index is -0.725. The lowest BCUT2D eigenvalue weighted by atomic mass is 9.85. The third-order valence-corrected chi connectivity index (χ3v) is 3.24. The molecule has 1 aliphatic rings. The summed E-state index contributed by atoms with van der Waals surface area (Å²) in [6.07, 6.45) is 3.69. The van der Waals surface area contributed by atoms with E-state index in [1.807, 2.05) is 6.92 Å². The fraction of sp³-hybridized carbons (Fsp3) is 0.818. The Hall–Kier alpha value is -1.06. The van der Waals surface area contributed by atoms with Crippen molar-refractivity contribution in [3.05, 3.63) is 0 Å². The summed E-state index contributed by atoms with van der Waals surface area (Å²) in [5.41, 5.74) is 0. The van der Waals surface area contributed by atoms with Gasteiger partial charge in [-0.15, -0.1) is 0 Å². The molecule has 1 aliphatic carbocycles. The van der Waals surface area contributed by atoms with E-state index in [9.17, 15) is 9.59 Å².